The number of rotatable bonds is 15. The maximum atomic E-state index is 12.5. The molecule has 0 saturated carbocycles. The fourth-order valence-electron chi connectivity index (χ4n) is 3.50. The molecule has 0 saturated heterocycles. The van der Waals surface area contributed by atoms with Gasteiger partial charge in [-0.2, -0.15) is 0 Å². The number of carboxylic acids is 1. The van der Waals surface area contributed by atoms with Crippen LogP contribution in [0.1, 0.15) is 112 Å². The number of benzene rings is 1. The quantitative estimate of drug-likeness (QED) is 0.262. The number of ether oxygens (including phenoxy) is 1. The molecule has 0 bridgehead atoms. The molecule has 1 aromatic rings. The zero-order valence-corrected chi connectivity index (χ0v) is 17.9. The molecule has 158 valence electrons. The van der Waals surface area contributed by atoms with Gasteiger partial charge < -0.3 is 9.84 Å². The second-order valence-corrected chi connectivity index (χ2v) is 8.12. The van der Waals surface area contributed by atoms with Crippen molar-refractivity contribution < 1.29 is 19.4 Å². The minimum absolute atomic E-state index is 0.00105. The molecule has 1 rings (SSSR count). The highest BCUT2D eigenvalue weighted by molar-refractivity contribution is 6.02. The lowest BCUT2D eigenvalue weighted by Gasteiger charge is -2.20. The van der Waals surface area contributed by atoms with Crippen LogP contribution in [0.15, 0.2) is 24.3 Å². The highest BCUT2D eigenvalue weighted by Gasteiger charge is 2.21. The number of carboxylic acid groups (broad SMARTS) is 1. The van der Waals surface area contributed by atoms with Crippen LogP contribution in [0.3, 0.4) is 0 Å². The molecule has 0 aliphatic heterocycles. The van der Waals surface area contributed by atoms with Crippen LogP contribution >= 0.6 is 0 Å². The number of carbonyl (C=O) groups is 2. The molecule has 1 atom stereocenters. The van der Waals surface area contributed by atoms with Crippen LogP contribution in [0.25, 0.3) is 0 Å². The van der Waals surface area contributed by atoms with Crippen LogP contribution in [0.5, 0.6) is 0 Å². The maximum Gasteiger partial charge on any atom is 0.339 e. The Balaban J connectivity index is 2.44. The van der Waals surface area contributed by atoms with E-state index in [0.29, 0.717) is 5.92 Å². The molecule has 28 heavy (non-hydrogen) atoms. The highest BCUT2D eigenvalue weighted by Crippen LogP contribution is 2.20. The van der Waals surface area contributed by atoms with Crippen molar-refractivity contribution in [2.24, 2.45) is 5.92 Å². The number of unbranched alkanes of at least 4 members (excludes halogenated alkanes) is 8. The number of carbonyl (C=O) groups excluding carboxylic acids is 1. The Morgan fingerprint density at radius 1 is 0.893 bits per heavy atom. The van der Waals surface area contributed by atoms with Crippen molar-refractivity contribution in [2.75, 3.05) is 0 Å². The first-order valence-corrected chi connectivity index (χ1v) is 11.0. The van der Waals surface area contributed by atoms with Gasteiger partial charge in [0.1, 0.15) is 6.10 Å². The smallest absolute Gasteiger partial charge is 0.339 e. The second kappa shape index (κ2) is 14.2. The van der Waals surface area contributed by atoms with Crippen LogP contribution in [0.2, 0.25) is 0 Å². The minimum atomic E-state index is -1.10. The first-order valence-electron chi connectivity index (χ1n) is 11.0. The number of aromatic carboxylic acids is 1. The van der Waals surface area contributed by atoms with Gasteiger partial charge in [0, 0.05) is 0 Å². The van der Waals surface area contributed by atoms with Gasteiger partial charge in [0.15, 0.2) is 0 Å². The predicted octanol–water partition coefficient (Wildman–Crippen LogP) is 6.88. The van der Waals surface area contributed by atoms with E-state index in [2.05, 4.69) is 20.8 Å². The molecule has 0 heterocycles. The van der Waals surface area contributed by atoms with Gasteiger partial charge in [0.05, 0.1) is 11.1 Å². The van der Waals surface area contributed by atoms with Crippen LogP contribution < -0.4 is 0 Å². The van der Waals surface area contributed by atoms with Crippen LogP contribution in [-0.4, -0.2) is 23.1 Å². The second-order valence-electron chi connectivity index (χ2n) is 8.12. The zero-order valence-electron chi connectivity index (χ0n) is 17.9. The summed E-state index contributed by atoms with van der Waals surface area (Å²) in [6, 6.07) is 6.25. The molecular formula is C24H38O4. The first kappa shape index (κ1) is 24.2. The topological polar surface area (TPSA) is 63.6 Å². The fraction of sp³-hybridized carbons (Fsp3) is 0.667. The molecule has 1 aromatic carbocycles. The van der Waals surface area contributed by atoms with Gasteiger partial charge in [-0.1, -0.05) is 84.3 Å². The third kappa shape index (κ3) is 9.91. The Bertz CT molecular complexity index is 580. The molecule has 0 fully saturated rings. The van der Waals surface area contributed by atoms with Crippen molar-refractivity contribution in [2.45, 2.75) is 97.5 Å². The number of hydrogen-bond donors (Lipinski definition) is 1. The summed E-state index contributed by atoms with van der Waals surface area (Å²) in [6.07, 6.45) is 12.8. The highest BCUT2D eigenvalue weighted by atomic mass is 16.5. The van der Waals surface area contributed by atoms with E-state index in [4.69, 9.17) is 4.74 Å². The van der Waals surface area contributed by atoms with Crippen molar-refractivity contribution in [1.29, 1.82) is 0 Å². The average molecular weight is 391 g/mol. The standard InChI is InChI=1S/C24H38O4/c1-4-5-6-7-8-9-10-11-12-15-20(18-19(2)3)28-24(27)22-17-14-13-16-21(22)23(25)26/h13-14,16-17,19-20H,4-12,15,18H2,1-3H3,(H,25,26). The van der Waals surface area contributed by atoms with Gasteiger partial charge in [-0.25, -0.2) is 9.59 Å². The van der Waals surface area contributed by atoms with Gasteiger partial charge in [-0.05, 0) is 37.3 Å². The summed E-state index contributed by atoms with van der Waals surface area (Å²) >= 11 is 0. The van der Waals surface area contributed by atoms with Crippen molar-refractivity contribution in [3.05, 3.63) is 35.4 Å². The van der Waals surface area contributed by atoms with Gasteiger partial charge in [-0.3, -0.25) is 0 Å². The summed E-state index contributed by atoms with van der Waals surface area (Å²) < 4.78 is 5.71. The number of esters is 1. The lowest BCUT2D eigenvalue weighted by atomic mass is 9.99. The van der Waals surface area contributed by atoms with Crippen LogP contribution in [-0.2, 0) is 4.74 Å². The van der Waals surface area contributed by atoms with E-state index in [-0.39, 0.29) is 17.2 Å². The van der Waals surface area contributed by atoms with E-state index in [1.54, 1.807) is 12.1 Å². The van der Waals surface area contributed by atoms with Crippen molar-refractivity contribution in [3.63, 3.8) is 0 Å². The Morgan fingerprint density at radius 2 is 1.43 bits per heavy atom. The SMILES string of the molecule is CCCCCCCCCCCC(CC(C)C)OC(=O)c1ccccc1C(=O)O. The molecule has 0 aliphatic rings. The fourth-order valence-corrected chi connectivity index (χ4v) is 3.50. The Labute approximate surface area is 170 Å². The molecule has 1 unspecified atom stereocenters. The Kier molecular flexibility index (Phi) is 12.3. The maximum absolute atomic E-state index is 12.5. The molecule has 4 heteroatoms. The number of hydrogen-bond acceptors (Lipinski definition) is 3. The molecule has 0 radical (unpaired) electrons. The lowest BCUT2D eigenvalue weighted by Crippen LogP contribution is -2.22. The third-order valence-electron chi connectivity index (χ3n) is 5.02. The van der Waals surface area contributed by atoms with E-state index in [1.807, 2.05) is 0 Å². The molecule has 1 N–H and O–H groups in total. The third-order valence-corrected chi connectivity index (χ3v) is 5.02. The van der Waals surface area contributed by atoms with Gasteiger partial charge in [0.25, 0.3) is 0 Å². The summed E-state index contributed by atoms with van der Waals surface area (Å²) in [4.78, 5) is 23.9. The summed E-state index contributed by atoms with van der Waals surface area (Å²) in [7, 11) is 0. The van der Waals surface area contributed by atoms with E-state index < -0.39 is 11.9 Å². The van der Waals surface area contributed by atoms with Crippen molar-refractivity contribution >= 4 is 11.9 Å². The zero-order chi connectivity index (χ0) is 20.8. The van der Waals surface area contributed by atoms with Gasteiger partial charge >= 0.3 is 11.9 Å². The molecule has 0 aliphatic carbocycles. The average Bonchev–Trinajstić information content (AvgIpc) is 2.66. The van der Waals surface area contributed by atoms with Crippen molar-refractivity contribution in [1.82, 2.24) is 0 Å². The molecule has 0 amide bonds. The molecular weight excluding hydrogens is 352 g/mol. The first-order chi connectivity index (χ1) is 13.5. The predicted molar refractivity (Wildman–Crippen MR) is 114 cm³/mol. The molecule has 0 aromatic heterocycles. The Hall–Kier alpha value is -1.84. The van der Waals surface area contributed by atoms with Crippen molar-refractivity contribution in [3.8, 4) is 0 Å². The van der Waals surface area contributed by atoms with E-state index in [1.165, 1.54) is 57.1 Å². The summed E-state index contributed by atoms with van der Waals surface area (Å²) in [5.41, 5.74) is 0.134. The van der Waals surface area contributed by atoms with Gasteiger partial charge in [0.2, 0.25) is 0 Å². The summed E-state index contributed by atoms with van der Waals surface area (Å²) in [5.74, 6) is -1.21. The van der Waals surface area contributed by atoms with Gasteiger partial charge in [-0.15, -0.1) is 0 Å². The molecule has 4 nitrogen and oxygen atoms in total. The summed E-state index contributed by atoms with van der Waals surface area (Å²) in [6.45, 7) is 6.46. The largest absolute Gasteiger partial charge is 0.478 e. The van der Waals surface area contributed by atoms with E-state index >= 15 is 0 Å². The Morgan fingerprint density at radius 3 is 1.96 bits per heavy atom. The van der Waals surface area contributed by atoms with Crippen LogP contribution in [0.4, 0.5) is 0 Å². The minimum Gasteiger partial charge on any atom is -0.478 e. The lowest BCUT2D eigenvalue weighted by molar-refractivity contribution is 0.0220. The summed E-state index contributed by atoms with van der Waals surface area (Å²) in [5, 5.41) is 9.28. The normalized spacial score (nSPS) is 12.1. The van der Waals surface area contributed by atoms with Crippen LogP contribution in [0, 0.1) is 5.92 Å². The molecule has 0 spiro atoms. The van der Waals surface area contributed by atoms with E-state index in [0.717, 1.165) is 25.7 Å². The van der Waals surface area contributed by atoms with E-state index in [9.17, 15) is 14.7 Å². The monoisotopic (exact) mass is 390 g/mol.